The summed E-state index contributed by atoms with van der Waals surface area (Å²) >= 11 is 0. The minimum absolute atomic E-state index is 0.0707. The summed E-state index contributed by atoms with van der Waals surface area (Å²) in [5.74, 6) is 0.876. The van der Waals surface area contributed by atoms with E-state index in [9.17, 15) is 9.59 Å². The lowest BCUT2D eigenvalue weighted by Crippen LogP contribution is -2.51. The van der Waals surface area contributed by atoms with Crippen LogP contribution in [0.2, 0.25) is 0 Å². The summed E-state index contributed by atoms with van der Waals surface area (Å²) in [6.45, 7) is 4.02. The van der Waals surface area contributed by atoms with Crippen LogP contribution >= 0.6 is 0 Å². The van der Waals surface area contributed by atoms with E-state index in [1.165, 1.54) is 25.9 Å². The first-order valence-corrected chi connectivity index (χ1v) is 8.44. The van der Waals surface area contributed by atoms with Gasteiger partial charge in [-0.05, 0) is 49.4 Å². The third kappa shape index (κ3) is 1.88. The lowest BCUT2D eigenvalue weighted by molar-refractivity contribution is -0.122. The van der Waals surface area contributed by atoms with Crippen LogP contribution < -0.4 is 10.7 Å². The Morgan fingerprint density at radius 1 is 1.17 bits per heavy atom. The van der Waals surface area contributed by atoms with Crippen molar-refractivity contribution in [3.05, 3.63) is 35.3 Å². The van der Waals surface area contributed by atoms with E-state index in [0.717, 1.165) is 17.8 Å². The molecule has 3 fully saturated rings. The number of nitrogens with one attached hydrogen (secondary N) is 2. The van der Waals surface area contributed by atoms with Gasteiger partial charge < -0.3 is 10.2 Å². The molecule has 1 unspecified atom stereocenters. The Balaban J connectivity index is 1.58. The first-order chi connectivity index (χ1) is 11.2. The molecule has 3 saturated heterocycles. The molecule has 6 nitrogen and oxygen atoms in total. The summed E-state index contributed by atoms with van der Waals surface area (Å²) in [6.07, 6.45) is 7.42. The monoisotopic (exact) mass is 312 g/mol. The van der Waals surface area contributed by atoms with Gasteiger partial charge in [0.15, 0.2) is 5.78 Å². The second-order valence-corrected chi connectivity index (χ2v) is 7.11. The highest BCUT2D eigenvalue weighted by atomic mass is 16.2. The zero-order valence-electron chi connectivity index (χ0n) is 12.9. The number of nitrogens with zero attached hydrogens (tertiary/aromatic N) is 2. The van der Waals surface area contributed by atoms with Crippen LogP contribution in [-0.4, -0.2) is 47.8 Å². The number of amides is 1. The van der Waals surface area contributed by atoms with Crippen molar-refractivity contribution < 1.29 is 9.59 Å². The predicted octanol–water partition coefficient (Wildman–Crippen LogP) is 0.129. The van der Waals surface area contributed by atoms with E-state index in [1.54, 1.807) is 12.3 Å². The average molecular weight is 312 g/mol. The zero-order valence-corrected chi connectivity index (χ0v) is 12.9. The van der Waals surface area contributed by atoms with E-state index in [1.807, 2.05) is 11.2 Å². The molecule has 6 rings (SSSR count). The van der Waals surface area contributed by atoms with Crippen molar-refractivity contribution in [2.24, 2.45) is 17.8 Å². The fraction of sp³-hybridized carbons (Fsp3) is 0.529. The number of piperidine rings is 3. The van der Waals surface area contributed by atoms with Gasteiger partial charge in [0.1, 0.15) is 0 Å². The number of rotatable bonds is 1. The number of carbonyl (C=O) groups excluding carboxylic acids is 2. The minimum Gasteiger partial charge on any atom is -0.327 e. The van der Waals surface area contributed by atoms with Crippen molar-refractivity contribution >= 4 is 11.7 Å². The maximum atomic E-state index is 12.9. The lowest BCUT2D eigenvalue weighted by atomic mass is 9.67. The Morgan fingerprint density at radius 3 is 2.74 bits per heavy atom. The molecule has 0 saturated carbocycles. The Kier molecular flexibility index (Phi) is 2.81. The molecule has 120 valence electrons. The topological polar surface area (TPSA) is 64.7 Å². The quantitative estimate of drug-likeness (QED) is 0.720. The van der Waals surface area contributed by atoms with Crippen molar-refractivity contribution in [2.75, 3.05) is 26.2 Å². The molecule has 0 aromatic carbocycles. The van der Waals surface area contributed by atoms with Crippen LogP contribution in [0, 0.1) is 17.8 Å². The highest BCUT2D eigenvalue weighted by Gasteiger charge is 2.47. The molecule has 0 aromatic rings. The molecule has 5 aliphatic heterocycles. The fourth-order valence-corrected chi connectivity index (χ4v) is 4.94. The van der Waals surface area contributed by atoms with Gasteiger partial charge in [0, 0.05) is 25.5 Å². The first-order valence-electron chi connectivity index (χ1n) is 8.44. The molecule has 0 aromatic heterocycles. The van der Waals surface area contributed by atoms with E-state index in [2.05, 4.69) is 15.6 Å². The van der Waals surface area contributed by atoms with Crippen LogP contribution in [-0.2, 0) is 9.59 Å². The standard InChI is InChI=1S/C17H20N4O2/c22-14-7-11-16-12(8-19-21(16)6-3-18-17(11)23)15(14)13-9-20-4-1-10(13)2-5-20/h3,6-7,10,13,15,19H,1-2,4-5,8-9H2,(H,18,23)/t13?,15-/m1/s1. The number of hydrogen-bond donors (Lipinski definition) is 2. The highest BCUT2D eigenvalue weighted by molar-refractivity contribution is 6.09. The highest BCUT2D eigenvalue weighted by Crippen LogP contribution is 2.44. The third-order valence-corrected chi connectivity index (χ3v) is 6.03. The summed E-state index contributed by atoms with van der Waals surface area (Å²) in [4.78, 5) is 27.6. The Bertz CT molecular complexity index is 685. The maximum Gasteiger partial charge on any atom is 0.257 e. The molecule has 6 heteroatoms. The van der Waals surface area contributed by atoms with Gasteiger partial charge in [-0.25, -0.2) is 5.43 Å². The Labute approximate surface area is 134 Å². The summed E-state index contributed by atoms with van der Waals surface area (Å²) in [5.41, 5.74) is 5.80. The smallest absolute Gasteiger partial charge is 0.257 e. The number of fused-ring (bicyclic) bond motifs is 3. The van der Waals surface area contributed by atoms with E-state index in [-0.39, 0.29) is 17.6 Å². The second-order valence-electron chi connectivity index (χ2n) is 7.11. The van der Waals surface area contributed by atoms with Gasteiger partial charge in [-0.3, -0.25) is 14.6 Å². The summed E-state index contributed by atoms with van der Waals surface area (Å²) in [7, 11) is 0. The third-order valence-electron chi connectivity index (χ3n) is 6.03. The van der Waals surface area contributed by atoms with Crippen molar-refractivity contribution in [1.29, 1.82) is 0 Å². The van der Waals surface area contributed by atoms with Crippen LogP contribution in [0.15, 0.2) is 35.3 Å². The van der Waals surface area contributed by atoms with Gasteiger partial charge in [-0.15, -0.1) is 0 Å². The molecule has 2 N–H and O–H groups in total. The molecule has 2 bridgehead atoms. The van der Waals surface area contributed by atoms with Gasteiger partial charge >= 0.3 is 0 Å². The minimum atomic E-state index is -0.194. The molecule has 0 radical (unpaired) electrons. The van der Waals surface area contributed by atoms with E-state index in [0.29, 0.717) is 24.0 Å². The molecule has 0 spiro atoms. The number of ketones is 1. The van der Waals surface area contributed by atoms with Crippen molar-refractivity contribution in [3.63, 3.8) is 0 Å². The number of carbonyl (C=O) groups is 2. The van der Waals surface area contributed by atoms with Gasteiger partial charge in [0.25, 0.3) is 5.91 Å². The van der Waals surface area contributed by atoms with E-state index >= 15 is 0 Å². The van der Waals surface area contributed by atoms with Gasteiger partial charge in [0.2, 0.25) is 0 Å². The summed E-state index contributed by atoms with van der Waals surface area (Å²) in [6, 6.07) is 0. The normalized spacial score (nSPS) is 38.4. The van der Waals surface area contributed by atoms with Gasteiger partial charge in [-0.1, -0.05) is 0 Å². The number of hydrazine groups is 1. The molecule has 2 atom stereocenters. The molecule has 1 amide bonds. The van der Waals surface area contributed by atoms with Crippen LogP contribution in [0.5, 0.6) is 0 Å². The van der Waals surface area contributed by atoms with Crippen LogP contribution in [0.25, 0.3) is 0 Å². The number of allylic oxidation sites excluding steroid dienone is 1. The summed E-state index contributed by atoms with van der Waals surface area (Å²) < 4.78 is 0. The Hall–Kier alpha value is -1.92. The molecule has 23 heavy (non-hydrogen) atoms. The summed E-state index contributed by atoms with van der Waals surface area (Å²) in [5, 5.41) is 4.60. The van der Waals surface area contributed by atoms with Crippen LogP contribution in [0.1, 0.15) is 12.8 Å². The van der Waals surface area contributed by atoms with Gasteiger partial charge in [0.05, 0.1) is 17.2 Å². The van der Waals surface area contributed by atoms with Gasteiger partial charge in [-0.2, -0.15) is 0 Å². The predicted molar refractivity (Wildman–Crippen MR) is 83.4 cm³/mol. The molecule has 6 aliphatic rings. The van der Waals surface area contributed by atoms with E-state index < -0.39 is 0 Å². The molecular weight excluding hydrogens is 292 g/mol. The van der Waals surface area contributed by atoms with Crippen LogP contribution in [0.4, 0.5) is 0 Å². The zero-order chi connectivity index (χ0) is 15.6. The molecular formula is C17H20N4O2. The molecule has 1 aliphatic carbocycles. The second kappa shape index (κ2) is 4.79. The lowest BCUT2D eigenvalue weighted by Gasteiger charge is -2.48. The van der Waals surface area contributed by atoms with Crippen molar-refractivity contribution in [2.45, 2.75) is 12.8 Å². The Morgan fingerprint density at radius 2 is 2.00 bits per heavy atom. The number of hydrogen-bond acceptors (Lipinski definition) is 5. The average Bonchev–Trinajstić information content (AvgIpc) is 2.91. The maximum absolute atomic E-state index is 12.9. The van der Waals surface area contributed by atoms with Crippen LogP contribution in [0.3, 0.4) is 0 Å². The SMILES string of the molecule is O=C1NC=CN2NCC3=C2C1=CC(=O)[C@H]3C1CN2CCC1CC2. The largest absolute Gasteiger partial charge is 0.327 e. The van der Waals surface area contributed by atoms with E-state index in [4.69, 9.17) is 0 Å². The van der Waals surface area contributed by atoms with Crippen molar-refractivity contribution in [3.8, 4) is 0 Å². The van der Waals surface area contributed by atoms with Crippen molar-refractivity contribution in [1.82, 2.24) is 20.7 Å². The fourth-order valence-electron chi connectivity index (χ4n) is 4.94. The first kappa shape index (κ1) is 13.5. The molecule has 5 heterocycles.